The third-order valence-corrected chi connectivity index (χ3v) is 4.53. The van der Waals surface area contributed by atoms with Crippen LogP contribution in [0.15, 0.2) is 30.3 Å². The van der Waals surface area contributed by atoms with E-state index in [-0.39, 0.29) is 24.8 Å². The second-order valence-corrected chi connectivity index (χ2v) is 6.42. The highest BCUT2D eigenvalue weighted by Crippen LogP contribution is 2.13. The summed E-state index contributed by atoms with van der Waals surface area (Å²) in [5.74, 6) is -0.597. The van der Waals surface area contributed by atoms with E-state index >= 15 is 0 Å². The van der Waals surface area contributed by atoms with Crippen LogP contribution in [-0.4, -0.2) is 73.1 Å². The van der Waals surface area contributed by atoms with E-state index < -0.39 is 12.1 Å². The maximum atomic E-state index is 12.4. The smallest absolute Gasteiger partial charge is 0.325 e. The van der Waals surface area contributed by atoms with Crippen molar-refractivity contribution in [2.24, 2.45) is 0 Å². The third kappa shape index (κ3) is 4.80. The van der Waals surface area contributed by atoms with E-state index in [2.05, 4.69) is 15.5 Å². The molecule has 8 heteroatoms. The van der Waals surface area contributed by atoms with Crippen molar-refractivity contribution in [1.29, 1.82) is 0 Å². The van der Waals surface area contributed by atoms with Gasteiger partial charge in [-0.1, -0.05) is 30.3 Å². The lowest BCUT2D eigenvalue weighted by molar-refractivity contribution is -0.131. The predicted octanol–water partition coefficient (Wildman–Crippen LogP) is -0.0545. The molecule has 26 heavy (non-hydrogen) atoms. The molecular formula is C18H24N4O4. The Bertz CT molecular complexity index is 646. The maximum absolute atomic E-state index is 12.4. The molecule has 1 aromatic rings. The highest BCUT2D eigenvalue weighted by Gasteiger charge is 2.38. The standard InChI is InChI=1S/C18H24N4O4/c23-16(19-6-7-21-8-10-26-11-9-21)12-15-17(24)22(18(25)20-15)13-14-4-2-1-3-5-14/h1-5,15H,6-13H2,(H,19,23)(H,20,25)/t15-/m0/s1. The molecule has 2 fully saturated rings. The highest BCUT2D eigenvalue weighted by atomic mass is 16.5. The van der Waals surface area contributed by atoms with Crippen LogP contribution in [0.3, 0.4) is 0 Å². The number of imide groups is 1. The van der Waals surface area contributed by atoms with Gasteiger partial charge in [-0.15, -0.1) is 0 Å². The van der Waals surface area contributed by atoms with Gasteiger partial charge in [0.25, 0.3) is 5.91 Å². The first-order valence-electron chi connectivity index (χ1n) is 8.86. The number of ether oxygens (including phenoxy) is 1. The summed E-state index contributed by atoms with van der Waals surface area (Å²) in [7, 11) is 0. The normalized spacial score (nSPS) is 20.9. The Morgan fingerprint density at radius 3 is 2.65 bits per heavy atom. The van der Waals surface area contributed by atoms with Crippen molar-refractivity contribution in [1.82, 2.24) is 20.4 Å². The van der Waals surface area contributed by atoms with E-state index in [1.165, 1.54) is 0 Å². The number of amides is 4. The Morgan fingerprint density at radius 2 is 1.92 bits per heavy atom. The lowest BCUT2D eigenvalue weighted by Crippen LogP contribution is -2.42. The van der Waals surface area contributed by atoms with E-state index in [1.54, 1.807) is 0 Å². The molecule has 2 aliphatic heterocycles. The van der Waals surface area contributed by atoms with E-state index in [0.717, 1.165) is 30.1 Å². The summed E-state index contributed by atoms with van der Waals surface area (Å²) in [5, 5.41) is 5.41. The maximum Gasteiger partial charge on any atom is 0.325 e. The third-order valence-electron chi connectivity index (χ3n) is 4.53. The predicted molar refractivity (Wildman–Crippen MR) is 94.2 cm³/mol. The number of urea groups is 1. The van der Waals surface area contributed by atoms with Crippen LogP contribution in [0.2, 0.25) is 0 Å². The molecule has 0 aromatic heterocycles. The van der Waals surface area contributed by atoms with Crippen LogP contribution in [0.4, 0.5) is 4.79 Å². The lowest BCUT2D eigenvalue weighted by Gasteiger charge is -2.26. The zero-order valence-corrected chi connectivity index (χ0v) is 14.6. The van der Waals surface area contributed by atoms with Crippen LogP contribution < -0.4 is 10.6 Å². The Morgan fingerprint density at radius 1 is 1.19 bits per heavy atom. The zero-order chi connectivity index (χ0) is 18.4. The number of carbonyl (C=O) groups excluding carboxylic acids is 3. The van der Waals surface area contributed by atoms with Crippen molar-refractivity contribution >= 4 is 17.8 Å². The fraction of sp³-hybridized carbons (Fsp3) is 0.500. The SMILES string of the molecule is O=C(C[C@@H]1NC(=O)N(Cc2ccccc2)C1=O)NCCN1CCOCC1. The first-order valence-corrected chi connectivity index (χ1v) is 8.86. The minimum Gasteiger partial charge on any atom is -0.379 e. The minimum atomic E-state index is -0.797. The Kier molecular flexibility index (Phi) is 6.19. The van der Waals surface area contributed by atoms with Gasteiger partial charge in [0.1, 0.15) is 6.04 Å². The first-order chi connectivity index (χ1) is 12.6. The van der Waals surface area contributed by atoms with Gasteiger partial charge in [-0.25, -0.2) is 4.79 Å². The highest BCUT2D eigenvalue weighted by molar-refractivity contribution is 6.05. The van der Waals surface area contributed by atoms with Crippen molar-refractivity contribution in [2.75, 3.05) is 39.4 Å². The van der Waals surface area contributed by atoms with Gasteiger partial charge in [0.15, 0.2) is 0 Å². The number of carbonyl (C=O) groups is 3. The second kappa shape index (κ2) is 8.77. The van der Waals surface area contributed by atoms with Crippen molar-refractivity contribution in [3.05, 3.63) is 35.9 Å². The molecule has 0 saturated carbocycles. The number of nitrogens with zero attached hydrogens (tertiary/aromatic N) is 2. The van der Waals surface area contributed by atoms with E-state index in [4.69, 9.17) is 4.74 Å². The van der Waals surface area contributed by atoms with Crippen molar-refractivity contribution in [3.63, 3.8) is 0 Å². The Hall–Kier alpha value is -2.45. The average molecular weight is 360 g/mol. The molecule has 1 aromatic carbocycles. The number of hydrogen-bond acceptors (Lipinski definition) is 5. The van der Waals surface area contributed by atoms with Crippen molar-refractivity contribution in [2.45, 2.75) is 19.0 Å². The fourth-order valence-corrected chi connectivity index (χ4v) is 3.07. The summed E-state index contributed by atoms with van der Waals surface area (Å²) in [6.45, 7) is 4.63. The molecule has 1 atom stereocenters. The summed E-state index contributed by atoms with van der Waals surface area (Å²) >= 11 is 0. The molecule has 2 aliphatic rings. The largest absolute Gasteiger partial charge is 0.379 e. The first kappa shape index (κ1) is 18.3. The monoisotopic (exact) mass is 360 g/mol. The number of hydrogen-bond donors (Lipinski definition) is 2. The molecule has 140 valence electrons. The van der Waals surface area contributed by atoms with Gasteiger partial charge >= 0.3 is 6.03 Å². The summed E-state index contributed by atoms with van der Waals surface area (Å²) in [6, 6.07) is 8.04. The topological polar surface area (TPSA) is 91.0 Å². The van der Waals surface area contributed by atoms with Crippen LogP contribution >= 0.6 is 0 Å². The molecule has 8 nitrogen and oxygen atoms in total. The quantitative estimate of drug-likeness (QED) is 0.665. The van der Waals surface area contributed by atoms with Gasteiger partial charge in [0.05, 0.1) is 26.2 Å². The lowest BCUT2D eigenvalue weighted by atomic mass is 10.1. The summed E-state index contributed by atoms with van der Waals surface area (Å²) in [5.41, 5.74) is 0.867. The number of rotatable bonds is 7. The molecular weight excluding hydrogens is 336 g/mol. The van der Waals surface area contributed by atoms with Gasteiger partial charge in [-0.3, -0.25) is 19.4 Å². The second-order valence-electron chi connectivity index (χ2n) is 6.42. The van der Waals surface area contributed by atoms with Crippen molar-refractivity contribution in [3.8, 4) is 0 Å². The minimum absolute atomic E-state index is 0.0427. The molecule has 0 unspecified atom stereocenters. The van der Waals surface area contributed by atoms with Gasteiger partial charge < -0.3 is 15.4 Å². The van der Waals surface area contributed by atoms with Crippen LogP contribution in [0.5, 0.6) is 0 Å². The van der Waals surface area contributed by atoms with Crippen LogP contribution in [0.25, 0.3) is 0 Å². The summed E-state index contributed by atoms with van der Waals surface area (Å²) in [6.07, 6.45) is -0.0427. The summed E-state index contributed by atoms with van der Waals surface area (Å²) < 4.78 is 5.28. The molecule has 0 aliphatic carbocycles. The average Bonchev–Trinajstić information content (AvgIpc) is 2.91. The number of morpholine rings is 1. The molecule has 3 rings (SSSR count). The van der Waals surface area contributed by atoms with E-state index in [0.29, 0.717) is 19.8 Å². The van der Waals surface area contributed by atoms with Gasteiger partial charge in [-0.05, 0) is 5.56 Å². The Labute approximate surface area is 152 Å². The number of nitrogens with one attached hydrogen (secondary N) is 2. The molecule has 0 radical (unpaired) electrons. The fourth-order valence-electron chi connectivity index (χ4n) is 3.07. The van der Waals surface area contributed by atoms with E-state index in [1.807, 2.05) is 30.3 Å². The molecule has 4 amide bonds. The molecule has 2 saturated heterocycles. The van der Waals surface area contributed by atoms with Crippen LogP contribution in [0, 0.1) is 0 Å². The summed E-state index contributed by atoms with van der Waals surface area (Å²) in [4.78, 5) is 39.9. The molecule has 0 spiro atoms. The zero-order valence-electron chi connectivity index (χ0n) is 14.6. The molecule has 2 heterocycles. The van der Waals surface area contributed by atoms with Crippen molar-refractivity contribution < 1.29 is 19.1 Å². The Balaban J connectivity index is 1.43. The van der Waals surface area contributed by atoms with Gasteiger partial charge in [-0.2, -0.15) is 0 Å². The molecule has 2 N–H and O–H groups in total. The van der Waals surface area contributed by atoms with Crippen LogP contribution in [-0.2, 0) is 20.9 Å². The molecule has 0 bridgehead atoms. The van der Waals surface area contributed by atoms with Gasteiger partial charge in [0, 0.05) is 26.2 Å². The van der Waals surface area contributed by atoms with Crippen LogP contribution in [0.1, 0.15) is 12.0 Å². The number of benzene rings is 1. The van der Waals surface area contributed by atoms with E-state index in [9.17, 15) is 14.4 Å². The van der Waals surface area contributed by atoms with Gasteiger partial charge in [0.2, 0.25) is 5.91 Å².